The molecule has 0 amide bonds. The third-order valence-electron chi connectivity index (χ3n) is 16.7. The fourth-order valence-electron chi connectivity index (χ4n) is 13.3. The lowest BCUT2D eigenvalue weighted by molar-refractivity contribution is 1.17. The average Bonchev–Trinajstić information content (AvgIpc) is 4.30. The first-order valence-corrected chi connectivity index (χ1v) is 28.7. The second kappa shape index (κ2) is 19.5. The topological polar surface area (TPSA) is 19.6 Å². The van der Waals surface area contributed by atoms with Crippen LogP contribution in [0.4, 0.5) is 17.1 Å². The molecule has 3 aromatic heterocycles. The Morgan fingerprint density at radius 2 is 0.617 bits per heavy atom. The molecule has 4 heterocycles. The van der Waals surface area contributed by atoms with E-state index in [1.165, 1.54) is 85.8 Å². The van der Waals surface area contributed by atoms with Crippen molar-refractivity contribution >= 4 is 130 Å². The Kier molecular flexibility index (Phi) is 11.3. The lowest BCUT2D eigenvalue weighted by Crippen LogP contribution is -2.86. The van der Waals surface area contributed by atoms with Gasteiger partial charge in [0.05, 0.1) is 22.1 Å². The van der Waals surface area contributed by atoms with E-state index in [4.69, 9.17) is 0 Å². The quantitative estimate of drug-likeness (QED) is 0.134. The maximum atomic E-state index is 2.70. The van der Waals surface area contributed by atoms with Crippen LogP contribution in [0.25, 0.3) is 86.3 Å². The van der Waals surface area contributed by atoms with Crippen molar-refractivity contribution in [3.63, 3.8) is 0 Å². The Balaban J connectivity index is 0.978. The van der Waals surface area contributed by atoms with E-state index in [0.29, 0.717) is 0 Å². The first-order chi connectivity index (χ1) is 40.2. The first-order valence-electron chi connectivity index (χ1n) is 27.9. The van der Waals surface area contributed by atoms with Crippen LogP contribution in [0.1, 0.15) is 0 Å². The van der Waals surface area contributed by atoms with Crippen LogP contribution in [0.15, 0.2) is 303 Å². The molecule has 0 spiro atoms. The number of anilines is 3. The molecule has 0 N–H and O–H groups in total. The Hall–Kier alpha value is -9.95. The van der Waals surface area contributed by atoms with Gasteiger partial charge >= 0.3 is 20.9 Å². The minimum atomic E-state index is -0.370. The maximum absolute atomic E-state index is 2.70. The van der Waals surface area contributed by atoms with Crippen LogP contribution in [0.2, 0.25) is 0 Å². The van der Waals surface area contributed by atoms with Crippen molar-refractivity contribution in [2.24, 2.45) is 0 Å². The van der Waals surface area contributed by atoms with E-state index < -0.39 is 0 Å². The second-order valence-corrected chi connectivity index (χ2v) is 22.2. The van der Waals surface area contributed by atoms with Gasteiger partial charge in [0.1, 0.15) is 0 Å². The van der Waals surface area contributed by atoms with Crippen molar-refractivity contribution in [3.8, 4) is 22.5 Å². The van der Waals surface area contributed by atoms with E-state index in [1.54, 1.807) is 0 Å². The predicted octanol–water partition coefficient (Wildman–Crippen LogP) is 15.9. The number of hydrogen-bond donors (Lipinski definition) is 0. The summed E-state index contributed by atoms with van der Waals surface area (Å²) in [5.74, 6) is 0. The van der Waals surface area contributed by atoms with Gasteiger partial charge in [-0.05, 0) is 112 Å². The van der Waals surface area contributed by atoms with Gasteiger partial charge in [-0.3, -0.25) is 0 Å². The summed E-state index contributed by atoms with van der Waals surface area (Å²) >= 11 is 1.88. The Bertz CT molecular complexity index is 4720. The Morgan fingerprint density at radius 1 is 0.247 bits per heavy atom. The highest BCUT2D eigenvalue weighted by molar-refractivity contribution is 7.26. The minimum Gasteiger partial charge on any atom is -0.416 e. The molecule has 0 bridgehead atoms. The van der Waals surface area contributed by atoms with Crippen molar-refractivity contribution in [1.29, 1.82) is 0 Å². The number of para-hydroxylation sites is 5. The molecule has 1 fully saturated rings. The summed E-state index contributed by atoms with van der Waals surface area (Å²) < 4.78 is 15.6. The number of aromatic nitrogens is 2. The summed E-state index contributed by atoms with van der Waals surface area (Å²) in [4.78, 5) is 0. The monoisotopic (exact) mass is 1050 g/mol. The zero-order valence-corrected chi connectivity index (χ0v) is 45.1. The molecule has 12 aromatic carbocycles. The number of rotatable bonds is 9. The molecule has 0 radical (unpaired) electrons. The highest BCUT2D eigenvalue weighted by atomic mass is 32.1. The third-order valence-corrected chi connectivity index (χ3v) is 17.9. The van der Waals surface area contributed by atoms with E-state index in [2.05, 4.69) is 327 Å². The molecule has 378 valence electrons. The van der Waals surface area contributed by atoms with Crippen molar-refractivity contribution in [3.05, 3.63) is 303 Å². The van der Waals surface area contributed by atoms with Crippen LogP contribution in [0.5, 0.6) is 0 Å². The van der Waals surface area contributed by atoms with Gasteiger partial charge in [0, 0.05) is 70.2 Å². The Labute approximate surface area is 475 Å². The SMILES string of the molecule is c1ccc(B2N(c3ccc(-c4cccc5c4sc4ccccc45)cc3)B(c3ccccc3)N(c3cccc(-n4c5ccccc5c5ccccc54)c3)B(c3cccc(-n4c5ccccc5c5ccccc54)c3)N2c2ccccc2)cc1. The fourth-order valence-corrected chi connectivity index (χ4v) is 14.5. The van der Waals surface area contributed by atoms with Crippen LogP contribution in [-0.4, -0.2) is 30.1 Å². The van der Waals surface area contributed by atoms with Crippen LogP contribution in [-0.2, 0) is 0 Å². The summed E-state index contributed by atoms with van der Waals surface area (Å²) in [5.41, 5.74) is 16.2. The van der Waals surface area contributed by atoms with Crippen LogP contribution >= 0.6 is 11.3 Å². The molecule has 1 aliphatic heterocycles. The summed E-state index contributed by atoms with van der Waals surface area (Å²) in [6.45, 7) is -1.02. The predicted molar refractivity (Wildman–Crippen MR) is 349 cm³/mol. The van der Waals surface area contributed by atoms with E-state index in [0.717, 1.165) is 33.9 Å². The molecule has 1 aliphatic rings. The van der Waals surface area contributed by atoms with E-state index >= 15 is 0 Å². The van der Waals surface area contributed by atoms with E-state index in [9.17, 15) is 0 Å². The van der Waals surface area contributed by atoms with Gasteiger partial charge in [-0.25, -0.2) is 0 Å². The van der Waals surface area contributed by atoms with Crippen molar-refractivity contribution in [2.75, 3.05) is 14.2 Å². The number of benzene rings is 12. The molecule has 15 aromatic rings. The van der Waals surface area contributed by atoms with Crippen LogP contribution in [0, 0.1) is 0 Å². The fraction of sp³-hybridized carbons (Fsp3) is 0. The van der Waals surface area contributed by atoms with Crippen molar-refractivity contribution in [2.45, 2.75) is 0 Å². The van der Waals surface area contributed by atoms with Gasteiger partial charge in [-0.1, -0.05) is 218 Å². The van der Waals surface area contributed by atoms with Gasteiger partial charge in [-0.15, -0.1) is 11.3 Å². The average molecular weight is 1050 g/mol. The molecule has 0 saturated carbocycles. The number of fused-ring (bicyclic) bond motifs is 9. The van der Waals surface area contributed by atoms with Gasteiger partial charge in [-0.2, -0.15) is 0 Å². The number of hydrogen-bond acceptors (Lipinski definition) is 4. The molecule has 16 rings (SSSR count). The van der Waals surface area contributed by atoms with E-state index in [-0.39, 0.29) is 20.9 Å². The lowest BCUT2D eigenvalue weighted by Gasteiger charge is -2.57. The van der Waals surface area contributed by atoms with Crippen molar-refractivity contribution < 1.29 is 0 Å². The van der Waals surface area contributed by atoms with E-state index in [1.807, 2.05) is 11.3 Å². The van der Waals surface area contributed by atoms with Gasteiger partial charge in [0.2, 0.25) is 0 Å². The number of nitrogens with zero attached hydrogens (tertiary/aromatic N) is 5. The molecular weight excluding hydrogens is 999 g/mol. The molecule has 1 saturated heterocycles. The molecular formula is C72H50B3N5S. The summed E-state index contributed by atoms with van der Waals surface area (Å²) in [6.07, 6.45) is 0. The highest BCUT2D eigenvalue weighted by Gasteiger charge is 2.56. The highest BCUT2D eigenvalue weighted by Crippen LogP contribution is 2.42. The molecule has 0 unspecified atom stereocenters. The zero-order chi connectivity index (χ0) is 53.4. The lowest BCUT2D eigenvalue weighted by atomic mass is 9.37. The first kappa shape index (κ1) is 47.1. The normalized spacial score (nSPS) is 13.0. The Morgan fingerprint density at radius 3 is 1.17 bits per heavy atom. The maximum Gasteiger partial charge on any atom is 0.389 e. The molecule has 9 heteroatoms. The number of thiophene rings is 1. The molecule has 81 heavy (non-hydrogen) atoms. The summed E-state index contributed by atoms with van der Waals surface area (Å²) in [6, 6.07) is 112. The van der Waals surface area contributed by atoms with Crippen LogP contribution < -0.4 is 30.6 Å². The minimum absolute atomic E-state index is 0.311. The van der Waals surface area contributed by atoms with Gasteiger partial charge in [0.15, 0.2) is 0 Å². The molecule has 5 nitrogen and oxygen atoms in total. The van der Waals surface area contributed by atoms with Gasteiger partial charge < -0.3 is 23.3 Å². The zero-order valence-electron chi connectivity index (χ0n) is 44.2. The second-order valence-electron chi connectivity index (χ2n) is 21.2. The van der Waals surface area contributed by atoms with Gasteiger partial charge in [0.25, 0.3) is 0 Å². The third kappa shape index (κ3) is 7.72. The summed E-state index contributed by atoms with van der Waals surface area (Å²) in [7, 11) is 0. The van der Waals surface area contributed by atoms with Crippen molar-refractivity contribution in [1.82, 2.24) is 9.13 Å². The standard InChI is InChI=1S/C72H50B3N5S/c1-4-23-52(24-5-1)73-78(55-28-8-3-9-29-55)75(54-27-20-30-57(49-54)76-67-40-15-10-33-61(67)62-34-11-16-41-68(62)76)80(59-32-21-31-58(50-59)77-69-42-17-12-35-63(69)64-36-13-18-43-70(64)77)74(53-25-6-2-7-26-53)79(73)56-47-45-51(46-48-56)60-38-22-39-66-65-37-14-19-44-71(65)81-72(60)66/h1-50H. The van der Waals surface area contributed by atoms with Crippen LogP contribution in [0.3, 0.4) is 0 Å². The smallest absolute Gasteiger partial charge is 0.389 e. The molecule has 0 aliphatic carbocycles. The largest absolute Gasteiger partial charge is 0.416 e. The summed E-state index contributed by atoms with van der Waals surface area (Å²) in [5, 5.41) is 7.54. The molecule has 0 atom stereocenters.